The first-order valence-electron chi connectivity index (χ1n) is 12.0. The minimum Gasteiger partial charge on any atom is -0.504 e. The molecule has 1 saturated heterocycles. The summed E-state index contributed by atoms with van der Waals surface area (Å²) in [7, 11) is 0. The summed E-state index contributed by atoms with van der Waals surface area (Å²) in [5.41, 5.74) is 1.01. The number of benzene rings is 2. The Hall–Kier alpha value is -3.82. The maximum absolute atomic E-state index is 13.7. The average Bonchev–Trinajstić information content (AvgIpc) is 3.44. The molecule has 5 rings (SSSR count). The van der Waals surface area contributed by atoms with Crippen LogP contribution in [0.3, 0.4) is 0 Å². The van der Waals surface area contributed by atoms with Crippen molar-refractivity contribution < 1.29 is 33.7 Å². The molecule has 1 fully saturated rings. The van der Waals surface area contributed by atoms with Crippen LogP contribution >= 0.6 is 0 Å². The van der Waals surface area contributed by atoms with Gasteiger partial charge in [-0.2, -0.15) is 0 Å². The van der Waals surface area contributed by atoms with Gasteiger partial charge in [-0.15, -0.1) is 0 Å². The predicted octanol–water partition coefficient (Wildman–Crippen LogP) is 3.45. The van der Waals surface area contributed by atoms with Gasteiger partial charge in [0.15, 0.2) is 23.0 Å². The maximum atomic E-state index is 13.7. The van der Waals surface area contributed by atoms with E-state index >= 15 is 0 Å². The number of fused-ring (bicyclic) bond motifs is 1. The van der Waals surface area contributed by atoms with Gasteiger partial charge in [-0.3, -0.25) is 14.5 Å². The number of rotatable bonds is 8. The number of phenols is 1. The number of carbonyl (C=O) groups is 2. The van der Waals surface area contributed by atoms with E-state index in [0.717, 1.165) is 18.5 Å². The molecular weight excluding hydrogens is 464 g/mol. The number of furan rings is 1. The third kappa shape index (κ3) is 4.43. The lowest BCUT2D eigenvalue weighted by Gasteiger charge is -2.31. The van der Waals surface area contributed by atoms with Crippen LogP contribution < -0.4 is 4.74 Å². The highest BCUT2D eigenvalue weighted by atomic mass is 16.5. The molecule has 2 aromatic carbocycles. The molecule has 0 radical (unpaired) electrons. The van der Waals surface area contributed by atoms with Gasteiger partial charge in [-0.25, -0.2) is 0 Å². The second kappa shape index (κ2) is 10.0. The molecule has 2 aliphatic heterocycles. The second-order valence-electron chi connectivity index (χ2n) is 8.76. The summed E-state index contributed by atoms with van der Waals surface area (Å²) < 4.78 is 16.7. The third-order valence-corrected chi connectivity index (χ3v) is 6.56. The van der Waals surface area contributed by atoms with Crippen LogP contribution in [0.15, 0.2) is 64.3 Å². The van der Waals surface area contributed by atoms with Crippen molar-refractivity contribution in [2.75, 3.05) is 46.0 Å². The Morgan fingerprint density at radius 3 is 2.61 bits per heavy atom. The van der Waals surface area contributed by atoms with E-state index in [2.05, 4.69) is 4.90 Å². The van der Waals surface area contributed by atoms with Gasteiger partial charge >= 0.3 is 0 Å². The highest BCUT2D eigenvalue weighted by molar-refractivity contribution is 6.16. The van der Waals surface area contributed by atoms with Crippen LogP contribution in [0, 0.1) is 0 Å². The number of amides is 1. The van der Waals surface area contributed by atoms with Crippen molar-refractivity contribution in [2.24, 2.45) is 0 Å². The van der Waals surface area contributed by atoms with E-state index in [4.69, 9.17) is 13.9 Å². The SMILES string of the molecule is CCOc1cc([C@@H]2C(C(=O)c3cc4ccccc4o3)=C(O)C(=O)N2CCN2CCOCC2)ccc1O. The molecule has 188 valence electrons. The summed E-state index contributed by atoms with van der Waals surface area (Å²) in [6.45, 7) is 5.68. The monoisotopic (exact) mass is 492 g/mol. The van der Waals surface area contributed by atoms with Gasteiger partial charge < -0.3 is 29.0 Å². The summed E-state index contributed by atoms with van der Waals surface area (Å²) in [5.74, 6) is -1.57. The number of hydrogen-bond acceptors (Lipinski definition) is 8. The van der Waals surface area contributed by atoms with E-state index in [-0.39, 0.29) is 29.4 Å². The number of aromatic hydroxyl groups is 1. The lowest BCUT2D eigenvalue weighted by molar-refractivity contribution is -0.129. The fourth-order valence-corrected chi connectivity index (χ4v) is 4.74. The second-order valence-corrected chi connectivity index (χ2v) is 8.76. The Morgan fingerprint density at radius 1 is 1.08 bits per heavy atom. The summed E-state index contributed by atoms with van der Waals surface area (Å²) in [4.78, 5) is 30.6. The molecule has 0 unspecified atom stereocenters. The van der Waals surface area contributed by atoms with Crippen LogP contribution in [0.25, 0.3) is 11.0 Å². The zero-order valence-corrected chi connectivity index (χ0v) is 20.0. The van der Waals surface area contributed by atoms with Gasteiger partial charge in [-0.05, 0) is 36.8 Å². The summed E-state index contributed by atoms with van der Waals surface area (Å²) >= 11 is 0. The molecule has 0 bridgehead atoms. The van der Waals surface area contributed by atoms with E-state index in [1.54, 1.807) is 37.3 Å². The van der Waals surface area contributed by atoms with E-state index < -0.39 is 23.5 Å². The van der Waals surface area contributed by atoms with E-state index in [1.165, 1.54) is 11.0 Å². The summed E-state index contributed by atoms with van der Waals surface area (Å²) in [6.07, 6.45) is 0. The molecule has 9 nitrogen and oxygen atoms in total. The third-order valence-electron chi connectivity index (χ3n) is 6.56. The van der Waals surface area contributed by atoms with Gasteiger partial charge in [0, 0.05) is 31.6 Å². The fourth-order valence-electron chi connectivity index (χ4n) is 4.74. The van der Waals surface area contributed by atoms with Crippen LogP contribution in [-0.4, -0.2) is 77.7 Å². The lowest BCUT2D eigenvalue weighted by Crippen LogP contribution is -2.43. The van der Waals surface area contributed by atoms with E-state index in [9.17, 15) is 19.8 Å². The number of ether oxygens (including phenoxy) is 2. The molecule has 0 saturated carbocycles. The quantitative estimate of drug-likeness (QED) is 0.460. The lowest BCUT2D eigenvalue weighted by atomic mass is 9.94. The van der Waals surface area contributed by atoms with E-state index in [0.29, 0.717) is 37.5 Å². The van der Waals surface area contributed by atoms with Crippen molar-refractivity contribution in [1.82, 2.24) is 9.80 Å². The van der Waals surface area contributed by atoms with Crippen LogP contribution in [0.2, 0.25) is 0 Å². The van der Waals surface area contributed by atoms with Crippen LogP contribution in [0.4, 0.5) is 0 Å². The molecule has 3 aromatic rings. The zero-order chi connectivity index (χ0) is 25.2. The Balaban J connectivity index is 1.53. The molecule has 1 aromatic heterocycles. The van der Waals surface area contributed by atoms with Crippen molar-refractivity contribution in [2.45, 2.75) is 13.0 Å². The Bertz CT molecular complexity index is 1290. The molecule has 1 amide bonds. The molecule has 36 heavy (non-hydrogen) atoms. The average molecular weight is 493 g/mol. The van der Waals surface area contributed by atoms with Crippen molar-refractivity contribution in [3.05, 3.63) is 71.2 Å². The van der Waals surface area contributed by atoms with Gasteiger partial charge in [0.1, 0.15) is 5.58 Å². The molecular formula is C27H28N2O7. The maximum Gasteiger partial charge on any atom is 0.290 e. The number of carbonyl (C=O) groups excluding carboxylic acids is 2. The fraction of sp³-hybridized carbons (Fsp3) is 0.333. The van der Waals surface area contributed by atoms with Gasteiger partial charge in [0.05, 0.1) is 31.4 Å². The first-order valence-corrected chi connectivity index (χ1v) is 12.0. The van der Waals surface area contributed by atoms with Gasteiger partial charge in [-0.1, -0.05) is 24.3 Å². The smallest absolute Gasteiger partial charge is 0.290 e. The molecule has 2 N–H and O–H groups in total. The standard InChI is InChI=1S/C27H28N2O7/c1-2-35-21-16-18(7-8-19(21)30)24-23(25(31)22-15-17-5-3-4-6-20(17)36-22)26(32)27(33)29(24)10-9-28-11-13-34-14-12-28/h3-8,15-16,24,30,32H,2,9-14H2,1H3/t24-/m1/s1. The van der Waals surface area contributed by atoms with Crippen molar-refractivity contribution in [1.29, 1.82) is 0 Å². The number of aliphatic hydroxyl groups is 1. The predicted molar refractivity (Wildman–Crippen MR) is 131 cm³/mol. The number of para-hydroxylation sites is 1. The summed E-state index contributed by atoms with van der Waals surface area (Å²) in [6, 6.07) is 12.6. The molecule has 0 spiro atoms. The molecule has 0 aliphatic carbocycles. The van der Waals surface area contributed by atoms with Crippen molar-refractivity contribution in [3.8, 4) is 11.5 Å². The molecule has 3 heterocycles. The van der Waals surface area contributed by atoms with Gasteiger partial charge in [0.2, 0.25) is 5.78 Å². The highest BCUT2D eigenvalue weighted by Gasteiger charge is 2.44. The number of phenolic OH excluding ortho intramolecular Hbond substituents is 1. The number of ketones is 1. The van der Waals surface area contributed by atoms with Crippen LogP contribution in [0.5, 0.6) is 11.5 Å². The Kier molecular flexibility index (Phi) is 6.67. The highest BCUT2D eigenvalue weighted by Crippen LogP contribution is 2.42. The first kappa shape index (κ1) is 23.9. The number of Topliss-reactive ketones (excluding diaryl/α,β-unsaturated/α-hetero) is 1. The molecule has 1 atom stereocenters. The normalized spacial score (nSPS) is 18.9. The largest absolute Gasteiger partial charge is 0.504 e. The number of hydrogen-bond donors (Lipinski definition) is 2. The molecule has 2 aliphatic rings. The minimum atomic E-state index is -0.876. The summed E-state index contributed by atoms with van der Waals surface area (Å²) in [5, 5.41) is 21.9. The number of morpholine rings is 1. The van der Waals surface area contributed by atoms with Crippen molar-refractivity contribution >= 4 is 22.7 Å². The van der Waals surface area contributed by atoms with E-state index in [1.807, 2.05) is 12.1 Å². The van der Waals surface area contributed by atoms with Crippen molar-refractivity contribution in [3.63, 3.8) is 0 Å². The zero-order valence-electron chi connectivity index (χ0n) is 20.0. The van der Waals surface area contributed by atoms with Crippen LogP contribution in [-0.2, 0) is 9.53 Å². The Morgan fingerprint density at radius 2 is 1.86 bits per heavy atom. The number of aliphatic hydroxyl groups excluding tert-OH is 1. The van der Waals surface area contributed by atoms with Crippen LogP contribution in [0.1, 0.15) is 29.1 Å². The van der Waals surface area contributed by atoms with Gasteiger partial charge in [0.25, 0.3) is 5.91 Å². The first-order chi connectivity index (χ1) is 17.5. The number of nitrogens with zero attached hydrogens (tertiary/aromatic N) is 2. The minimum absolute atomic E-state index is 0.0365. The molecule has 9 heteroatoms. The Labute approximate surface area is 208 Å². The topological polar surface area (TPSA) is 113 Å².